The molecule has 104 valence electrons. The molecule has 20 heavy (non-hydrogen) atoms. The van der Waals surface area contributed by atoms with Gasteiger partial charge >= 0.3 is 5.97 Å². The van der Waals surface area contributed by atoms with Crippen LogP contribution in [0.4, 0.5) is 0 Å². The zero-order chi connectivity index (χ0) is 14.1. The third-order valence-electron chi connectivity index (χ3n) is 3.12. The van der Waals surface area contributed by atoms with E-state index >= 15 is 0 Å². The van der Waals surface area contributed by atoms with Crippen LogP contribution in [0.1, 0.15) is 21.7 Å². The molecule has 0 bridgehead atoms. The van der Waals surface area contributed by atoms with Crippen LogP contribution in [0.25, 0.3) is 0 Å². The maximum atomic E-state index is 10.9. The van der Waals surface area contributed by atoms with E-state index in [-0.39, 0.29) is 5.69 Å². The average molecular weight is 275 g/mol. The lowest BCUT2D eigenvalue weighted by atomic mass is 10.2. The highest BCUT2D eigenvalue weighted by Gasteiger charge is 2.16. The summed E-state index contributed by atoms with van der Waals surface area (Å²) in [6, 6.07) is 5.61. The first-order valence-electron chi connectivity index (χ1n) is 6.17. The summed E-state index contributed by atoms with van der Waals surface area (Å²) in [6.07, 6.45) is 0. The summed E-state index contributed by atoms with van der Waals surface area (Å²) in [5.41, 5.74) is 1.44. The van der Waals surface area contributed by atoms with Crippen molar-refractivity contribution < 1.29 is 19.4 Å². The molecule has 1 N–H and O–H groups in total. The predicted octanol–water partition coefficient (Wildman–Crippen LogP) is 1.10. The Balaban J connectivity index is 1.86. The van der Waals surface area contributed by atoms with Gasteiger partial charge in [-0.2, -0.15) is 0 Å². The quantitative estimate of drug-likeness (QED) is 0.902. The number of benzene rings is 1. The molecule has 0 aliphatic carbocycles. The van der Waals surface area contributed by atoms with Crippen molar-refractivity contribution in [1.29, 1.82) is 0 Å². The minimum Gasteiger partial charge on any atom is -0.486 e. The monoisotopic (exact) mass is 275 g/mol. The van der Waals surface area contributed by atoms with Gasteiger partial charge in [-0.25, -0.2) is 9.48 Å². The molecule has 0 saturated carbocycles. The van der Waals surface area contributed by atoms with Crippen molar-refractivity contribution in [1.82, 2.24) is 15.0 Å². The first-order valence-corrected chi connectivity index (χ1v) is 6.17. The second kappa shape index (κ2) is 4.84. The zero-order valence-corrected chi connectivity index (χ0v) is 10.9. The Morgan fingerprint density at radius 1 is 1.35 bits per heavy atom. The Hall–Kier alpha value is -2.57. The van der Waals surface area contributed by atoms with Gasteiger partial charge in [-0.3, -0.25) is 0 Å². The molecule has 0 fully saturated rings. The minimum atomic E-state index is -1.07. The Morgan fingerprint density at radius 3 is 2.80 bits per heavy atom. The van der Waals surface area contributed by atoms with E-state index in [1.165, 1.54) is 0 Å². The molecular formula is C13H13N3O4. The summed E-state index contributed by atoms with van der Waals surface area (Å²) in [5, 5.41) is 16.5. The Kier molecular flexibility index (Phi) is 3.02. The van der Waals surface area contributed by atoms with E-state index < -0.39 is 5.97 Å². The highest BCUT2D eigenvalue weighted by atomic mass is 16.6. The molecule has 1 aromatic carbocycles. The van der Waals surface area contributed by atoms with Gasteiger partial charge < -0.3 is 14.6 Å². The van der Waals surface area contributed by atoms with Crippen LogP contribution >= 0.6 is 0 Å². The van der Waals surface area contributed by atoms with E-state index in [1.807, 2.05) is 18.2 Å². The molecule has 0 atom stereocenters. The van der Waals surface area contributed by atoms with Gasteiger partial charge in [0.15, 0.2) is 17.2 Å². The van der Waals surface area contributed by atoms with E-state index in [2.05, 4.69) is 10.3 Å². The van der Waals surface area contributed by atoms with Crippen LogP contribution in [0.3, 0.4) is 0 Å². The van der Waals surface area contributed by atoms with E-state index in [9.17, 15) is 4.79 Å². The molecule has 0 spiro atoms. The lowest BCUT2D eigenvalue weighted by molar-refractivity contribution is 0.0689. The number of hydrogen-bond acceptors (Lipinski definition) is 5. The molecular weight excluding hydrogens is 262 g/mol. The van der Waals surface area contributed by atoms with Crippen molar-refractivity contribution in [3.8, 4) is 11.5 Å². The fourth-order valence-electron chi connectivity index (χ4n) is 2.07. The maximum absolute atomic E-state index is 10.9. The van der Waals surface area contributed by atoms with Gasteiger partial charge in [0.05, 0.1) is 12.2 Å². The van der Waals surface area contributed by atoms with Gasteiger partial charge in [0.2, 0.25) is 0 Å². The summed E-state index contributed by atoms with van der Waals surface area (Å²) in [6.45, 7) is 3.20. The largest absolute Gasteiger partial charge is 0.486 e. The van der Waals surface area contributed by atoms with E-state index in [0.717, 1.165) is 11.3 Å². The van der Waals surface area contributed by atoms with E-state index in [4.69, 9.17) is 14.6 Å². The molecule has 3 rings (SSSR count). The molecule has 7 heteroatoms. The van der Waals surface area contributed by atoms with Crippen LogP contribution in [0.5, 0.6) is 11.5 Å². The average Bonchev–Trinajstić information content (AvgIpc) is 2.80. The number of carbonyl (C=O) groups is 1. The number of aromatic carboxylic acids is 1. The number of ether oxygens (including phenoxy) is 2. The molecule has 7 nitrogen and oxygen atoms in total. The Labute approximate surface area is 114 Å². The third-order valence-corrected chi connectivity index (χ3v) is 3.12. The van der Waals surface area contributed by atoms with Crippen LogP contribution in [0, 0.1) is 6.92 Å². The molecule has 2 aromatic rings. The molecule has 0 saturated heterocycles. The predicted molar refractivity (Wildman–Crippen MR) is 68.3 cm³/mol. The molecule has 1 aromatic heterocycles. The van der Waals surface area contributed by atoms with Crippen LogP contribution in [-0.4, -0.2) is 39.3 Å². The first kappa shape index (κ1) is 12.5. The highest BCUT2D eigenvalue weighted by Crippen LogP contribution is 2.30. The first-order chi connectivity index (χ1) is 9.65. The normalized spacial score (nSPS) is 13.2. The number of rotatable bonds is 3. The van der Waals surface area contributed by atoms with Crippen molar-refractivity contribution in [3.63, 3.8) is 0 Å². The fraction of sp³-hybridized carbons (Fsp3) is 0.308. The number of nitrogens with zero attached hydrogens (tertiary/aromatic N) is 3. The van der Waals surface area contributed by atoms with Crippen LogP contribution in [0.2, 0.25) is 0 Å². The summed E-state index contributed by atoms with van der Waals surface area (Å²) < 4.78 is 12.5. The Bertz CT molecular complexity index is 666. The Morgan fingerprint density at radius 2 is 2.10 bits per heavy atom. The summed E-state index contributed by atoms with van der Waals surface area (Å²) >= 11 is 0. The smallest absolute Gasteiger partial charge is 0.358 e. The number of fused-ring (bicyclic) bond motifs is 1. The van der Waals surface area contributed by atoms with Crippen molar-refractivity contribution in [2.45, 2.75) is 13.5 Å². The number of hydrogen-bond donors (Lipinski definition) is 1. The fourth-order valence-corrected chi connectivity index (χ4v) is 2.07. The topological polar surface area (TPSA) is 86.5 Å². The van der Waals surface area contributed by atoms with Crippen LogP contribution < -0.4 is 9.47 Å². The standard InChI is InChI=1S/C13H13N3O4/c1-8-12(13(17)18)14-15-16(8)7-9-2-3-10-11(6-9)20-5-4-19-10/h2-3,6H,4-5,7H2,1H3,(H,17,18). The van der Waals surface area contributed by atoms with Gasteiger partial charge in [-0.15, -0.1) is 5.10 Å². The lowest BCUT2D eigenvalue weighted by Crippen LogP contribution is -2.15. The third kappa shape index (κ3) is 2.18. The molecule has 0 radical (unpaired) electrons. The van der Waals surface area contributed by atoms with Crippen LogP contribution in [0.15, 0.2) is 18.2 Å². The summed E-state index contributed by atoms with van der Waals surface area (Å²) in [5.74, 6) is 0.349. The van der Waals surface area contributed by atoms with Crippen molar-refractivity contribution >= 4 is 5.97 Å². The molecule has 1 aliphatic heterocycles. The van der Waals surface area contributed by atoms with Gasteiger partial charge in [0.25, 0.3) is 0 Å². The summed E-state index contributed by atoms with van der Waals surface area (Å²) in [4.78, 5) is 10.9. The van der Waals surface area contributed by atoms with Crippen molar-refractivity contribution in [2.75, 3.05) is 13.2 Å². The second-order valence-electron chi connectivity index (χ2n) is 4.46. The molecule has 1 aliphatic rings. The van der Waals surface area contributed by atoms with Gasteiger partial charge in [-0.05, 0) is 24.6 Å². The van der Waals surface area contributed by atoms with Crippen molar-refractivity contribution in [2.24, 2.45) is 0 Å². The SMILES string of the molecule is Cc1c(C(=O)O)nnn1Cc1ccc2c(c1)OCCO2. The lowest BCUT2D eigenvalue weighted by Gasteiger charge is -2.18. The summed E-state index contributed by atoms with van der Waals surface area (Å²) in [7, 11) is 0. The minimum absolute atomic E-state index is 0.0254. The van der Waals surface area contributed by atoms with Gasteiger partial charge in [0.1, 0.15) is 13.2 Å². The molecule has 0 amide bonds. The second-order valence-corrected chi connectivity index (χ2v) is 4.46. The van der Waals surface area contributed by atoms with Gasteiger partial charge in [-0.1, -0.05) is 11.3 Å². The maximum Gasteiger partial charge on any atom is 0.358 e. The van der Waals surface area contributed by atoms with Crippen molar-refractivity contribution in [3.05, 3.63) is 35.2 Å². The molecule has 0 unspecified atom stereocenters. The number of carboxylic acids is 1. The highest BCUT2D eigenvalue weighted by molar-refractivity contribution is 5.86. The van der Waals surface area contributed by atoms with Gasteiger partial charge in [0, 0.05) is 0 Å². The van der Waals surface area contributed by atoms with E-state index in [0.29, 0.717) is 31.2 Å². The zero-order valence-electron chi connectivity index (χ0n) is 10.9. The van der Waals surface area contributed by atoms with Crippen LogP contribution in [-0.2, 0) is 6.54 Å². The number of aromatic nitrogens is 3. The molecule has 2 heterocycles. The van der Waals surface area contributed by atoms with E-state index in [1.54, 1.807) is 11.6 Å². The number of carboxylic acid groups (broad SMARTS) is 1.